The van der Waals surface area contributed by atoms with Crippen LogP contribution < -0.4 is 0 Å². The molecule has 0 saturated carbocycles. The molecule has 0 aromatic carbocycles. The monoisotopic (exact) mass is 303 g/mol. The highest BCUT2D eigenvalue weighted by molar-refractivity contribution is 9.09. The second-order valence-corrected chi connectivity index (χ2v) is 4.25. The maximum absolute atomic E-state index is 11.1. The normalized spacial score (nSPS) is 14.1. The van der Waals surface area contributed by atoms with Gasteiger partial charge in [-0.05, 0) is 12.5 Å². The van der Waals surface area contributed by atoms with Crippen LogP contribution in [0.25, 0.3) is 0 Å². The van der Waals surface area contributed by atoms with Gasteiger partial charge < -0.3 is 14.9 Å². The van der Waals surface area contributed by atoms with Crippen LogP contribution in [0.15, 0.2) is 18.3 Å². The number of carbonyl (C=O) groups excluding carboxylic acids is 1. The second-order valence-electron chi connectivity index (χ2n) is 3.46. The van der Waals surface area contributed by atoms with Crippen molar-refractivity contribution in [2.45, 2.75) is 18.6 Å². The molecular formula is C11H14BrNO4. The topological polar surface area (TPSA) is 79.7 Å². The van der Waals surface area contributed by atoms with E-state index in [0.717, 1.165) is 0 Å². The standard InChI is InChI=1S/C11H14BrNO4/c1-17-11(16)8-3-2-7(6-13-8)10(15)9(14)4-5-12/h2-3,6,9-10,14-15H,4-5H2,1H3. The van der Waals surface area contributed by atoms with Gasteiger partial charge in [-0.15, -0.1) is 0 Å². The van der Waals surface area contributed by atoms with Crippen LogP contribution in [0.3, 0.4) is 0 Å². The van der Waals surface area contributed by atoms with Gasteiger partial charge in [-0.25, -0.2) is 9.78 Å². The number of halogens is 1. The molecule has 2 atom stereocenters. The van der Waals surface area contributed by atoms with Gasteiger partial charge in [-0.2, -0.15) is 0 Å². The zero-order valence-electron chi connectivity index (χ0n) is 9.34. The number of hydrogen-bond donors (Lipinski definition) is 2. The van der Waals surface area contributed by atoms with Crippen molar-refractivity contribution in [2.75, 3.05) is 12.4 Å². The Morgan fingerprint density at radius 2 is 2.24 bits per heavy atom. The van der Waals surface area contributed by atoms with Gasteiger partial charge in [0.15, 0.2) is 0 Å². The third-order valence-electron chi connectivity index (χ3n) is 2.29. The zero-order valence-corrected chi connectivity index (χ0v) is 10.9. The number of hydrogen-bond acceptors (Lipinski definition) is 5. The molecule has 1 aromatic heterocycles. The zero-order chi connectivity index (χ0) is 12.8. The largest absolute Gasteiger partial charge is 0.464 e. The van der Waals surface area contributed by atoms with Gasteiger partial charge in [0.1, 0.15) is 11.8 Å². The van der Waals surface area contributed by atoms with Crippen molar-refractivity contribution in [2.24, 2.45) is 0 Å². The highest BCUT2D eigenvalue weighted by Crippen LogP contribution is 2.19. The SMILES string of the molecule is COC(=O)c1ccc(C(O)C(O)CCBr)cn1. The van der Waals surface area contributed by atoms with Crippen LogP contribution in [0.1, 0.15) is 28.6 Å². The van der Waals surface area contributed by atoms with E-state index in [1.807, 2.05) is 0 Å². The Morgan fingerprint density at radius 3 is 2.71 bits per heavy atom. The highest BCUT2D eigenvalue weighted by atomic mass is 79.9. The van der Waals surface area contributed by atoms with Gasteiger partial charge in [-0.3, -0.25) is 0 Å². The van der Waals surface area contributed by atoms with Crippen molar-refractivity contribution in [3.63, 3.8) is 0 Å². The minimum absolute atomic E-state index is 0.165. The Hall–Kier alpha value is -0.980. The van der Waals surface area contributed by atoms with E-state index < -0.39 is 18.2 Å². The molecule has 17 heavy (non-hydrogen) atoms. The van der Waals surface area contributed by atoms with Crippen molar-refractivity contribution < 1.29 is 19.7 Å². The minimum Gasteiger partial charge on any atom is -0.464 e. The van der Waals surface area contributed by atoms with Crippen LogP contribution in [0.2, 0.25) is 0 Å². The quantitative estimate of drug-likeness (QED) is 0.628. The molecule has 6 heteroatoms. The molecule has 1 aromatic rings. The molecule has 0 aliphatic rings. The summed E-state index contributed by atoms with van der Waals surface area (Å²) < 4.78 is 4.50. The number of methoxy groups -OCH3 is 1. The van der Waals surface area contributed by atoms with Crippen LogP contribution in [0.4, 0.5) is 0 Å². The van der Waals surface area contributed by atoms with E-state index in [0.29, 0.717) is 17.3 Å². The first kappa shape index (κ1) is 14.1. The number of nitrogens with zero attached hydrogens (tertiary/aromatic N) is 1. The fraction of sp³-hybridized carbons (Fsp3) is 0.455. The van der Waals surface area contributed by atoms with Crippen LogP contribution in [0, 0.1) is 0 Å². The predicted molar refractivity (Wildman–Crippen MR) is 65.0 cm³/mol. The lowest BCUT2D eigenvalue weighted by molar-refractivity contribution is 0.0171. The Kier molecular flexibility index (Phi) is 5.54. The minimum atomic E-state index is -1.01. The average Bonchev–Trinajstić information content (AvgIpc) is 2.37. The summed E-state index contributed by atoms with van der Waals surface area (Å²) in [6.07, 6.45) is -0.0826. The first-order valence-electron chi connectivity index (χ1n) is 5.06. The molecule has 94 valence electrons. The van der Waals surface area contributed by atoms with Gasteiger partial charge in [0.05, 0.1) is 13.2 Å². The molecule has 0 spiro atoms. The Labute approximate surface area is 108 Å². The molecule has 2 unspecified atom stereocenters. The van der Waals surface area contributed by atoms with Crippen molar-refractivity contribution in [3.05, 3.63) is 29.6 Å². The third kappa shape index (κ3) is 3.76. The van der Waals surface area contributed by atoms with E-state index in [1.165, 1.54) is 19.4 Å². The lowest BCUT2D eigenvalue weighted by atomic mass is 10.0. The summed E-state index contributed by atoms with van der Waals surface area (Å²) >= 11 is 3.18. The van der Waals surface area contributed by atoms with E-state index >= 15 is 0 Å². The summed E-state index contributed by atoms with van der Waals surface area (Å²) in [6, 6.07) is 2.99. The van der Waals surface area contributed by atoms with Crippen molar-refractivity contribution >= 4 is 21.9 Å². The van der Waals surface area contributed by atoms with Crippen molar-refractivity contribution in [1.29, 1.82) is 0 Å². The molecule has 0 saturated heterocycles. The maximum Gasteiger partial charge on any atom is 0.356 e. The Bertz CT molecular complexity index is 368. The molecule has 0 fully saturated rings. The third-order valence-corrected chi connectivity index (χ3v) is 2.75. The van der Waals surface area contributed by atoms with Gasteiger partial charge in [-0.1, -0.05) is 22.0 Å². The molecule has 5 nitrogen and oxygen atoms in total. The van der Waals surface area contributed by atoms with E-state index in [4.69, 9.17) is 0 Å². The highest BCUT2D eigenvalue weighted by Gasteiger charge is 2.18. The molecule has 0 aliphatic heterocycles. The lowest BCUT2D eigenvalue weighted by Crippen LogP contribution is -2.19. The smallest absolute Gasteiger partial charge is 0.356 e. The number of esters is 1. The van der Waals surface area contributed by atoms with E-state index in [1.54, 1.807) is 6.07 Å². The maximum atomic E-state index is 11.1. The molecule has 1 rings (SSSR count). The average molecular weight is 304 g/mol. The summed E-state index contributed by atoms with van der Waals surface area (Å²) in [5, 5.41) is 20.0. The number of pyridine rings is 1. The molecule has 0 amide bonds. The number of aliphatic hydroxyl groups is 2. The Balaban J connectivity index is 2.76. The van der Waals surface area contributed by atoms with Crippen LogP contribution in [-0.2, 0) is 4.74 Å². The molecule has 0 aliphatic carbocycles. The fourth-order valence-corrected chi connectivity index (χ4v) is 1.77. The van der Waals surface area contributed by atoms with Crippen LogP contribution in [0.5, 0.6) is 0 Å². The number of carbonyl (C=O) groups is 1. The number of aliphatic hydroxyl groups excluding tert-OH is 2. The predicted octanol–water partition coefficient (Wildman–Crippen LogP) is 1.05. The van der Waals surface area contributed by atoms with E-state index in [2.05, 4.69) is 25.7 Å². The van der Waals surface area contributed by atoms with Gasteiger partial charge in [0.25, 0.3) is 0 Å². The lowest BCUT2D eigenvalue weighted by Gasteiger charge is -2.16. The van der Waals surface area contributed by atoms with Crippen molar-refractivity contribution in [1.82, 2.24) is 4.98 Å². The Morgan fingerprint density at radius 1 is 1.53 bits per heavy atom. The summed E-state index contributed by atoms with van der Waals surface area (Å²) in [4.78, 5) is 15.0. The van der Waals surface area contributed by atoms with Crippen LogP contribution in [-0.4, -0.2) is 39.7 Å². The number of alkyl halides is 1. The number of rotatable bonds is 5. The first-order chi connectivity index (χ1) is 8.10. The molecule has 0 bridgehead atoms. The van der Waals surface area contributed by atoms with Crippen molar-refractivity contribution in [3.8, 4) is 0 Å². The number of aromatic nitrogens is 1. The summed E-state index contributed by atoms with van der Waals surface area (Å²) in [7, 11) is 1.27. The van der Waals surface area contributed by atoms with E-state index in [9.17, 15) is 15.0 Å². The number of ether oxygens (including phenoxy) is 1. The van der Waals surface area contributed by atoms with E-state index in [-0.39, 0.29) is 5.69 Å². The molecule has 0 radical (unpaired) electrons. The fourth-order valence-electron chi connectivity index (χ4n) is 1.30. The molecule has 2 N–H and O–H groups in total. The molecular weight excluding hydrogens is 290 g/mol. The van der Waals surface area contributed by atoms with Gasteiger partial charge >= 0.3 is 5.97 Å². The summed E-state index contributed by atoms with van der Waals surface area (Å²) in [6.45, 7) is 0. The second kappa shape index (κ2) is 6.68. The summed E-state index contributed by atoms with van der Waals surface area (Å²) in [5.74, 6) is -0.535. The van der Waals surface area contributed by atoms with Crippen LogP contribution >= 0.6 is 15.9 Å². The summed E-state index contributed by atoms with van der Waals surface area (Å²) in [5.41, 5.74) is 0.629. The first-order valence-corrected chi connectivity index (χ1v) is 6.18. The van der Waals surface area contributed by atoms with Gasteiger partial charge in [0.2, 0.25) is 0 Å². The molecule has 1 heterocycles. The van der Waals surface area contributed by atoms with Gasteiger partial charge in [0, 0.05) is 17.1 Å².